The van der Waals surface area contributed by atoms with Crippen molar-refractivity contribution in [3.63, 3.8) is 0 Å². The molecule has 0 atom stereocenters. The summed E-state index contributed by atoms with van der Waals surface area (Å²) in [4.78, 5) is 25.0. The predicted octanol–water partition coefficient (Wildman–Crippen LogP) is 2.11. The second-order valence-corrected chi connectivity index (χ2v) is 7.09. The molecule has 1 aliphatic heterocycles. The number of hydrogen-bond acceptors (Lipinski definition) is 4. The fraction of sp³-hybridized carbons (Fsp3) is 0.450. The molecule has 6 heteroatoms. The van der Waals surface area contributed by atoms with E-state index >= 15 is 0 Å². The molecule has 1 aromatic carbocycles. The maximum atomic E-state index is 12.4. The van der Waals surface area contributed by atoms with Crippen LogP contribution in [0.25, 0.3) is 0 Å². The number of benzene rings is 1. The minimum atomic E-state index is 0.0501. The van der Waals surface area contributed by atoms with E-state index in [-0.39, 0.29) is 6.03 Å². The zero-order chi connectivity index (χ0) is 17.8. The molecule has 0 bridgehead atoms. The van der Waals surface area contributed by atoms with E-state index in [1.54, 1.807) is 12.4 Å². The minimum Gasteiger partial charge on any atom is -0.338 e. The van der Waals surface area contributed by atoms with Crippen LogP contribution < -0.4 is 10.2 Å². The molecule has 26 heavy (non-hydrogen) atoms. The van der Waals surface area contributed by atoms with Crippen molar-refractivity contribution in [2.24, 2.45) is 5.92 Å². The van der Waals surface area contributed by atoms with Crippen LogP contribution in [0.4, 0.5) is 10.7 Å². The molecule has 4 rings (SSSR count). The number of nitrogens with one attached hydrogen (secondary N) is 1. The van der Waals surface area contributed by atoms with E-state index in [9.17, 15) is 4.79 Å². The molecule has 1 aliphatic carbocycles. The monoisotopic (exact) mass is 351 g/mol. The van der Waals surface area contributed by atoms with Gasteiger partial charge >= 0.3 is 6.03 Å². The molecule has 6 nitrogen and oxygen atoms in total. The Hall–Kier alpha value is -2.63. The number of aromatic nitrogens is 2. The van der Waals surface area contributed by atoms with Crippen molar-refractivity contribution < 1.29 is 4.79 Å². The lowest BCUT2D eigenvalue weighted by Crippen LogP contribution is -2.52. The number of fused-ring (bicyclic) bond motifs is 1. The van der Waals surface area contributed by atoms with Crippen molar-refractivity contribution in [1.82, 2.24) is 20.2 Å². The first-order valence-corrected chi connectivity index (χ1v) is 9.41. The van der Waals surface area contributed by atoms with Crippen molar-refractivity contribution >= 4 is 12.0 Å². The first-order valence-electron chi connectivity index (χ1n) is 9.41. The minimum absolute atomic E-state index is 0.0501. The van der Waals surface area contributed by atoms with E-state index in [2.05, 4.69) is 44.5 Å². The molecule has 2 amide bonds. The molecule has 136 valence electrons. The van der Waals surface area contributed by atoms with Crippen LogP contribution in [0, 0.1) is 5.92 Å². The molecule has 2 heterocycles. The fourth-order valence-electron chi connectivity index (χ4n) is 3.91. The third kappa shape index (κ3) is 3.79. The summed E-state index contributed by atoms with van der Waals surface area (Å²) in [5.74, 6) is 1.40. The highest BCUT2D eigenvalue weighted by molar-refractivity contribution is 5.74. The largest absolute Gasteiger partial charge is 0.338 e. The Morgan fingerprint density at radius 1 is 1.00 bits per heavy atom. The summed E-state index contributed by atoms with van der Waals surface area (Å²) in [5, 5.41) is 3.10. The standard InChI is InChI=1S/C20H25N5O/c26-20(23-9-6-16-14-17-4-1-2-5-18(17)15-16)25-12-10-24(11-13-25)19-21-7-3-8-22-19/h1-5,7-8,16H,6,9-15H2,(H,23,26). The Balaban J connectivity index is 1.18. The average molecular weight is 351 g/mol. The second kappa shape index (κ2) is 7.72. The molecule has 2 aromatic rings. The molecule has 1 N–H and O–H groups in total. The number of rotatable bonds is 4. The van der Waals surface area contributed by atoms with E-state index in [0.29, 0.717) is 19.0 Å². The molecule has 0 spiro atoms. The molecular formula is C20H25N5O. The zero-order valence-corrected chi connectivity index (χ0v) is 15.0. The van der Waals surface area contributed by atoms with Gasteiger partial charge in [0.05, 0.1) is 0 Å². The lowest BCUT2D eigenvalue weighted by Gasteiger charge is -2.34. The Morgan fingerprint density at radius 2 is 1.65 bits per heavy atom. The van der Waals surface area contributed by atoms with Crippen molar-refractivity contribution in [1.29, 1.82) is 0 Å². The molecule has 0 saturated carbocycles. The number of urea groups is 1. The number of carbonyl (C=O) groups excluding carboxylic acids is 1. The molecule has 1 fully saturated rings. The first kappa shape index (κ1) is 16.8. The highest BCUT2D eigenvalue weighted by Gasteiger charge is 2.23. The van der Waals surface area contributed by atoms with Crippen LogP contribution in [0.2, 0.25) is 0 Å². The van der Waals surface area contributed by atoms with Gasteiger partial charge in [0.2, 0.25) is 5.95 Å². The molecular weight excluding hydrogens is 326 g/mol. The van der Waals surface area contributed by atoms with E-state index in [1.165, 1.54) is 11.1 Å². The fourth-order valence-corrected chi connectivity index (χ4v) is 3.91. The van der Waals surface area contributed by atoms with Gasteiger partial charge in [0.1, 0.15) is 0 Å². The highest BCUT2D eigenvalue weighted by Crippen LogP contribution is 2.28. The summed E-state index contributed by atoms with van der Waals surface area (Å²) in [5.41, 5.74) is 2.95. The summed E-state index contributed by atoms with van der Waals surface area (Å²) in [6.07, 6.45) is 6.83. The number of nitrogens with zero attached hydrogens (tertiary/aromatic N) is 4. The number of piperazine rings is 1. The lowest BCUT2D eigenvalue weighted by atomic mass is 10.0. The number of amides is 2. The van der Waals surface area contributed by atoms with Gasteiger partial charge in [-0.3, -0.25) is 0 Å². The Morgan fingerprint density at radius 3 is 2.31 bits per heavy atom. The third-order valence-corrected chi connectivity index (χ3v) is 5.37. The second-order valence-electron chi connectivity index (χ2n) is 7.09. The third-order valence-electron chi connectivity index (χ3n) is 5.37. The van der Waals surface area contributed by atoms with Crippen LogP contribution in [0.1, 0.15) is 17.5 Å². The normalized spacial score (nSPS) is 17.2. The van der Waals surface area contributed by atoms with Gasteiger partial charge < -0.3 is 15.1 Å². The van der Waals surface area contributed by atoms with Crippen molar-refractivity contribution in [2.45, 2.75) is 19.3 Å². The van der Waals surface area contributed by atoms with E-state index in [0.717, 1.165) is 44.8 Å². The smallest absolute Gasteiger partial charge is 0.317 e. The zero-order valence-electron chi connectivity index (χ0n) is 15.0. The Kier molecular flexibility index (Phi) is 5.00. The van der Waals surface area contributed by atoms with Gasteiger partial charge in [0.15, 0.2) is 0 Å². The molecule has 0 radical (unpaired) electrons. The number of hydrogen-bond donors (Lipinski definition) is 1. The van der Waals surface area contributed by atoms with Crippen LogP contribution >= 0.6 is 0 Å². The maximum Gasteiger partial charge on any atom is 0.317 e. The summed E-state index contributed by atoms with van der Waals surface area (Å²) in [7, 11) is 0. The quantitative estimate of drug-likeness (QED) is 0.916. The van der Waals surface area contributed by atoms with E-state index < -0.39 is 0 Å². The number of carbonyl (C=O) groups is 1. The summed E-state index contributed by atoms with van der Waals surface area (Å²) < 4.78 is 0. The van der Waals surface area contributed by atoms with Crippen LogP contribution in [-0.2, 0) is 12.8 Å². The van der Waals surface area contributed by atoms with Gasteiger partial charge in [-0.15, -0.1) is 0 Å². The van der Waals surface area contributed by atoms with Crippen LogP contribution in [0.5, 0.6) is 0 Å². The average Bonchev–Trinajstić information content (AvgIpc) is 3.11. The van der Waals surface area contributed by atoms with E-state index in [4.69, 9.17) is 0 Å². The SMILES string of the molecule is O=C(NCCC1Cc2ccccc2C1)N1CCN(c2ncccn2)CC1. The topological polar surface area (TPSA) is 61.4 Å². The lowest BCUT2D eigenvalue weighted by molar-refractivity contribution is 0.193. The summed E-state index contributed by atoms with van der Waals surface area (Å²) in [6.45, 7) is 3.71. The van der Waals surface area contributed by atoms with Gasteiger partial charge in [-0.2, -0.15) is 0 Å². The highest BCUT2D eigenvalue weighted by atomic mass is 16.2. The van der Waals surface area contributed by atoms with Crippen LogP contribution in [0.3, 0.4) is 0 Å². The van der Waals surface area contributed by atoms with Crippen molar-refractivity contribution in [3.8, 4) is 0 Å². The maximum absolute atomic E-state index is 12.4. The van der Waals surface area contributed by atoms with Gasteiger partial charge in [-0.1, -0.05) is 24.3 Å². The number of anilines is 1. The van der Waals surface area contributed by atoms with Crippen LogP contribution in [-0.4, -0.2) is 53.6 Å². The van der Waals surface area contributed by atoms with Gasteiger partial charge in [0.25, 0.3) is 0 Å². The van der Waals surface area contributed by atoms with Gasteiger partial charge in [-0.25, -0.2) is 14.8 Å². The Labute approximate surface area is 154 Å². The predicted molar refractivity (Wildman–Crippen MR) is 101 cm³/mol. The molecule has 2 aliphatic rings. The molecule has 0 unspecified atom stereocenters. The van der Waals surface area contributed by atoms with Crippen molar-refractivity contribution in [2.75, 3.05) is 37.6 Å². The summed E-state index contributed by atoms with van der Waals surface area (Å²) >= 11 is 0. The van der Waals surface area contributed by atoms with E-state index in [1.807, 2.05) is 11.0 Å². The summed E-state index contributed by atoms with van der Waals surface area (Å²) in [6, 6.07) is 10.5. The molecule has 1 saturated heterocycles. The molecule has 1 aromatic heterocycles. The van der Waals surface area contributed by atoms with Gasteiger partial charge in [0, 0.05) is 45.1 Å². The van der Waals surface area contributed by atoms with Crippen LogP contribution in [0.15, 0.2) is 42.7 Å². The first-order chi connectivity index (χ1) is 12.8. The Bertz CT molecular complexity index is 718. The van der Waals surface area contributed by atoms with Gasteiger partial charge in [-0.05, 0) is 42.4 Å². The van der Waals surface area contributed by atoms with Crippen molar-refractivity contribution in [3.05, 3.63) is 53.9 Å².